The second-order valence-corrected chi connectivity index (χ2v) is 8.60. The number of thioether (sulfide) groups is 2. The summed E-state index contributed by atoms with van der Waals surface area (Å²) in [6, 6.07) is 3.22. The molecule has 1 aliphatic heterocycles. The van der Waals surface area contributed by atoms with E-state index in [4.69, 9.17) is 5.10 Å². The van der Waals surface area contributed by atoms with Gasteiger partial charge in [0.15, 0.2) is 0 Å². The lowest BCUT2D eigenvalue weighted by molar-refractivity contribution is 0.460. The summed E-state index contributed by atoms with van der Waals surface area (Å²) in [7, 11) is 0. The van der Waals surface area contributed by atoms with Crippen molar-refractivity contribution in [3.05, 3.63) is 18.0 Å². The number of nitrogens with one attached hydrogen (secondary N) is 1. The van der Waals surface area contributed by atoms with Crippen LogP contribution in [0, 0.1) is 0 Å². The van der Waals surface area contributed by atoms with Crippen LogP contribution < -0.4 is 5.32 Å². The van der Waals surface area contributed by atoms with E-state index in [1.54, 1.807) is 0 Å². The van der Waals surface area contributed by atoms with Gasteiger partial charge in [0.2, 0.25) is 0 Å². The van der Waals surface area contributed by atoms with Crippen LogP contribution in [0.25, 0.3) is 0 Å². The van der Waals surface area contributed by atoms with E-state index < -0.39 is 0 Å². The fourth-order valence-corrected chi connectivity index (χ4v) is 5.76. The standard InChI is InChI=1S/C16H29N3S2/c1-5-12(3)19-8-7-14(18-19)11-15(17-6-2)16-13(4)20-9-10-21-16/h7-8,12-13,15-17H,5-6,9-11H2,1-4H3. The second-order valence-electron chi connectivity index (χ2n) is 5.82. The van der Waals surface area contributed by atoms with E-state index in [0.717, 1.165) is 24.6 Å². The maximum atomic E-state index is 4.78. The Bertz CT molecular complexity index is 421. The molecule has 2 rings (SSSR count). The van der Waals surface area contributed by atoms with E-state index >= 15 is 0 Å². The van der Waals surface area contributed by atoms with E-state index in [9.17, 15) is 0 Å². The van der Waals surface area contributed by atoms with Gasteiger partial charge in [-0.15, -0.1) is 0 Å². The summed E-state index contributed by atoms with van der Waals surface area (Å²) in [6.45, 7) is 10.1. The minimum atomic E-state index is 0.495. The van der Waals surface area contributed by atoms with Crippen LogP contribution in [0.2, 0.25) is 0 Å². The van der Waals surface area contributed by atoms with Gasteiger partial charge in [0, 0.05) is 46.7 Å². The van der Waals surface area contributed by atoms with Crippen LogP contribution >= 0.6 is 23.5 Å². The Morgan fingerprint density at radius 1 is 1.38 bits per heavy atom. The maximum Gasteiger partial charge on any atom is 0.0640 e. The number of hydrogen-bond donors (Lipinski definition) is 1. The van der Waals surface area contributed by atoms with Crippen LogP contribution in [0.1, 0.15) is 45.9 Å². The maximum absolute atomic E-state index is 4.78. The molecule has 1 aliphatic rings. The summed E-state index contributed by atoms with van der Waals surface area (Å²) < 4.78 is 2.12. The molecule has 3 nitrogen and oxygen atoms in total. The first-order chi connectivity index (χ1) is 10.2. The van der Waals surface area contributed by atoms with Gasteiger partial charge in [-0.25, -0.2) is 0 Å². The van der Waals surface area contributed by atoms with E-state index in [2.05, 4.69) is 73.5 Å². The zero-order valence-corrected chi connectivity index (χ0v) is 15.3. The Hall–Kier alpha value is -0.130. The Morgan fingerprint density at radius 2 is 2.14 bits per heavy atom. The normalized spacial score (nSPS) is 25.7. The van der Waals surface area contributed by atoms with Crippen molar-refractivity contribution in [1.82, 2.24) is 15.1 Å². The highest BCUT2D eigenvalue weighted by Gasteiger charge is 2.30. The minimum Gasteiger partial charge on any atom is -0.313 e. The average molecular weight is 328 g/mol. The van der Waals surface area contributed by atoms with Crippen molar-refractivity contribution in [2.45, 2.75) is 63.1 Å². The molecule has 0 aromatic carbocycles. The molecule has 1 fully saturated rings. The monoisotopic (exact) mass is 327 g/mol. The van der Waals surface area contributed by atoms with E-state index in [0.29, 0.717) is 17.3 Å². The minimum absolute atomic E-state index is 0.495. The lowest BCUT2D eigenvalue weighted by Gasteiger charge is -2.34. The van der Waals surface area contributed by atoms with Crippen molar-refractivity contribution >= 4 is 23.5 Å². The molecule has 0 aliphatic carbocycles. The molecule has 0 radical (unpaired) electrons. The van der Waals surface area contributed by atoms with Crippen LogP contribution in [-0.2, 0) is 6.42 Å². The molecule has 1 saturated heterocycles. The first kappa shape index (κ1) is 17.2. The molecule has 4 atom stereocenters. The highest BCUT2D eigenvalue weighted by Crippen LogP contribution is 2.33. The quantitative estimate of drug-likeness (QED) is 0.828. The third kappa shape index (κ3) is 4.67. The molecule has 0 saturated carbocycles. The van der Waals surface area contributed by atoms with Gasteiger partial charge in [0.05, 0.1) is 5.69 Å². The summed E-state index contributed by atoms with van der Waals surface area (Å²) in [5.41, 5.74) is 1.23. The Morgan fingerprint density at radius 3 is 2.81 bits per heavy atom. The summed E-state index contributed by atoms with van der Waals surface area (Å²) in [5.74, 6) is 2.58. The van der Waals surface area contributed by atoms with Crippen molar-refractivity contribution in [3.8, 4) is 0 Å². The van der Waals surface area contributed by atoms with Crippen molar-refractivity contribution < 1.29 is 0 Å². The van der Waals surface area contributed by atoms with Gasteiger partial charge < -0.3 is 5.32 Å². The molecule has 1 aromatic rings. The van der Waals surface area contributed by atoms with Crippen molar-refractivity contribution in [1.29, 1.82) is 0 Å². The SMILES string of the molecule is CCNC(Cc1ccn(C(C)CC)n1)C1SCCSC1C. The van der Waals surface area contributed by atoms with Crippen LogP contribution in [0.3, 0.4) is 0 Å². The van der Waals surface area contributed by atoms with E-state index in [1.807, 2.05) is 0 Å². The molecule has 0 amide bonds. The predicted octanol–water partition coefficient (Wildman–Crippen LogP) is 3.61. The van der Waals surface area contributed by atoms with E-state index in [1.165, 1.54) is 17.2 Å². The number of likely N-dealkylation sites (N-methyl/N-ethyl adjacent to an activating group) is 1. The first-order valence-corrected chi connectivity index (χ1v) is 10.3. The second kappa shape index (κ2) is 8.49. The molecule has 1 aromatic heterocycles. The van der Waals surface area contributed by atoms with Gasteiger partial charge >= 0.3 is 0 Å². The molecule has 21 heavy (non-hydrogen) atoms. The highest BCUT2D eigenvalue weighted by molar-refractivity contribution is 8.07. The molecular weight excluding hydrogens is 298 g/mol. The molecule has 5 heteroatoms. The zero-order valence-electron chi connectivity index (χ0n) is 13.7. The van der Waals surface area contributed by atoms with Gasteiger partial charge in [0.25, 0.3) is 0 Å². The van der Waals surface area contributed by atoms with Crippen LogP contribution in [0.15, 0.2) is 12.3 Å². The van der Waals surface area contributed by atoms with Crippen LogP contribution in [-0.4, -0.2) is 44.4 Å². The summed E-state index contributed by atoms with van der Waals surface area (Å²) in [6.07, 6.45) is 4.31. The summed E-state index contributed by atoms with van der Waals surface area (Å²) >= 11 is 4.26. The molecule has 0 spiro atoms. The molecule has 2 heterocycles. The number of nitrogens with zero attached hydrogens (tertiary/aromatic N) is 2. The Labute approximate surface area is 138 Å². The van der Waals surface area contributed by atoms with Crippen molar-refractivity contribution in [2.24, 2.45) is 0 Å². The third-order valence-corrected chi connectivity index (χ3v) is 7.49. The Kier molecular flexibility index (Phi) is 6.96. The first-order valence-electron chi connectivity index (χ1n) is 8.16. The zero-order chi connectivity index (χ0) is 15.2. The topological polar surface area (TPSA) is 29.9 Å². The fourth-order valence-electron chi connectivity index (χ4n) is 2.80. The molecule has 4 unspecified atom stereocenters. The predicted molar refractivity (Wildman–Crippen MR) is 96.6 cm³/mol. The molecule has 1 N–H and O–H groups in total. The lowest BCUT2D eigenvalue weighted by atomic mass is 10.1. The molecular formula is C16H29N3S2. The lowest BCUT2D eigenvalue weighted by Crippen LogP contribution is -2.45. The Balaban J connectivity index is 2.03. The largest absolute Gasteiger partial charge is 0.313 e. The number of rotatable bonds is 7. The summed E-state index contributed by atoms with van der Waals surface area (Å²) in [5, 5.41) is 9.90. The number of aromatic nitrogens is 2. The fraction of sp³-hybridized carbons (Fsp3) is 0.812. The van der Waals surface area contributed by atoms with Crippen molar-refractivity contribution in [3.63, 3.8) is 0 Å². The van der Waals surface area contributed by atoms with Crippen LogP contribution in [0.4, 0.5) is 0 Å². The smallest absolute Gasteiger partial charge is 0.0640 e. The third-order valence-electron chi connectivity index (χ3n) is 4.23. The molecule has 0 bridgehead atoms. The van der Waals surface area contributed by atoms with E-state index in [-0.39, 0.29) is 0 Å². The van der Waals surface area contributed by atoms with Gasteiger partial charge in [-0.1, -0.05) is 20.8 Å². The summed E-state index contributed by atoms with van der Waals surface area (Å²) in [4.78, 5) is 0. The van der Waals surface area contributed by atoms with Gasteiger partial charge in [0.1, 0.15) is 0 Å². The highest BCUT2D eigenvalue weighted by atomic mass is 32.2. The average Bonchev–Trinajstić information content (AvgIpc) is 2.95. The van der Waals surface area contributed by atoms with Crippen LogP contribution in [0.5, 0.6) is 0 Å². The van der Waals surface area contributed by atoms with Crippen molar-refractivity contribution in [2.75, 3.05) is 18.1 Å². The molecule has 120 valence electrons. The number of hydrogen-bond acceptors (Lipinski definition) is 4. The van der Waals surface area contributed by atoms with Gasteiger partial charge in [-0.3, -0.25) is 4.68 Å². The van der Waals surface area contributed by atoms with Gasteiger partial charge in [-0.2, -0.15) is 28.6 Å². The van der Waals surface area contributed by atoms with Gasteiger partial charge in [-0.05, 0) is 26.0 Å².